The van der Waals surface area contributed by atoms with Crippen molar-refractivity contribution in [3.63, 3.8) is 0 Å². The van der Waals surface area contributed by atoms with Crippen molar-refractivity contribution in [1.29, 1.82) is 0 Å². The van der Waals surface area contributed by atoms with Gasteiger partial charge in [0.1, 0.15) is 5.82 Å². The van der Waals surface area contributed by atoms with Crippen LogP contribution in [0.3, 0.4) is 0 Å². The van der Waals surface area contributed by atoms with Crippen LogP contribution in [0.25, 0.3) is 22.0 Å². The summed E-state index contributed by atoms with van der Waals surface area (Å²) in [6.45, 7) is 5.59. The number of rotatable bonds is 9. The third-order valence-electron chi connectivity index (χ3n) is 6.49. The maximum absolute atomic E-state index is 14.7. The lowest BCUT2D eigenvalue weighted by molar-refractivity contribution is 0.0691. The van der Waals surface area contributed by atoms with E-state index in [0.717, 1.165) is 35.4 Å². The minimum absolute atomic E-state index is 0. The van der Waals surface area contributed by atoms with Gasteiger partial charge >= 0.3 is 5.97 Å². The topological polar surface area (TPSA) is 141 Å². The monoisotopic (exact) mass is 572 g/mol. The van der Waals surface area contributed by atoms with E-state index in [-0.39, 0.29) is 22.5 Å². The first kappa shape index (κ1) is 28.4. The molecule has 12 heteroatoms. The SMILES string of the molecule is C=C(C)c1cc(-c2nn(-c3nc(C(=O)O)cs3)c(CC3CC3)c2Cc2ccc([SH+](N)=O)c(F)c2)ccc1F.[OH-]. The summed E-state index contributed by atoms with van der Waals surface area (Å²) < 4.78 is 42.5. The number of carboxylic acid groups (broad SMARTS) is 1. The number of thiol groups is 1. The van der Waals surface area contributed by atoms with E-state index < -0.39 is 28.6 Å². The Morgan fingerprint density at radius 2 is 1.97 bits per heavy atom. The molecule has 1 aliphatic rings. The van der Waals surface area contributed by atoms with Gasteiger partial charge in [0.05, 0.1) is 11.4 Å². The molecule has 0 radical (unpaired) electrons. The zero-order valence-corrected chi connectivity index (χ0v) is 22.6. The second-order valence-electron chi connectivity index (χ2n) is 9.42. The molecule has 39 heavy (non-hydrogen) atoms. The molecule has 0 saturated heterocycles. The van der Waals surface area contributed by atoms with Gasteiger partial charge in [-0.3, -0.25) is 0 Å². The van der Waals surface area contributed by atoms with E-state index in [4.69, 9.17) is 10.2 Å². The molecular formula is C27H26F2N4O4S2. The average molecular weight is 573 g/mol. The summed E-state index contributed by atoms with van der Waals surface area (Å²) in [5.41, 5.74) is 4.29. The Morgan fingerprint density at radius 3 is 2.56 bits per heavy atom. The van der Waals surface area contributed by atoms with Gasteiger partial charge in [0, 0.05) is 28.5 Å². The normalized spacial score (nSPS) is 13.6. The fourth-order valence-corrected chi connectivity index (χ4v) is 5.64. The number of hydrogen-bond acceptors (Lipinski definition) is 6. The molecule has 5 rings (SSSR count). The predicted molar refractivity (Wildman–Crippen MR) is 146 cm³/mol. The highest BCUT2D eigenvalue weighted by Crippen LogP contribution is 2.38. The molecule has 1 fully saturated rings. The van der Waals surface area contributed by atoms with Crippen LogP contribution in [0.4, 0.5) is 8.78 Å². The first-order valence-electron chi connectivity index (χ1n) is 11.9. The molecule has 0 aliphatic heterocycles. The van der Waals surface area contributed by atoms with Gasteiger partial charge in [-0.25, -0.2) is 23.2 Å². The Bertz CT molecular complexity index is 1610. The summed E-state index contributed by atoms with van der Waals surface area (Å²) in [7, 11) is -2.32. The van der Waals surface area contributed by atoms with Gasteiger partial charge in [0.2, 0.25) is 10.0 Å². The van der Waals surface area contributed by atoms with Crippen LogP contribution in [0, 0.1) is 17.6 Å². The molecule has 1 atom stereocenters. The molecular weight excluding hydrogens is 546 g/mol. The van der Waals surface area contributed by atoms with Crippen molar-refractivity contribution in [3.8, 4) is 16.4 Å². The van der Waals surface area contributed by atoms with Crippen LogP contribution in [0.5, 0.6) is 0 Å². The summed E-state index contributed by atoms with van der Waals surface area (Å²) in [5, 5.41) is 21.5. The number of aromatic carboxylic acids is 1. The minimum Gasteiger partial charge on any atom is -0.870 e. The maximum atomic E-state index is 14.7. The van der Waals surface area contributed by atoms with Gasteiger partial charge in [-0.15, -0.1) is 16.5 Å². The number of carbonyl (C=O) groups is 1. The van der Waals surface area contributed by atoms with Crippen LogP contribution in [-0.4, -0.2) is 31.3 Å². The van der Waals surface area contributed by atoms with Gasteiger partial charge in [0.15, 0.2) is 22.5 Å². The van der Waals surface area contributed by atoms with Crippen molar-refractivity contribution in [1.82, 2.24) is 14.8 Å². The lowest BCUT2D eigenvalue weighted by Gasteiger charge is -2.10. The van der Waals surface area contributed by atoms with Gasteiger partial charge in [-0.1, -0.05) is 16.9 Å². The Morgan fingerprint density at radius 1 is 1.23 bits per heavy atom. The predicted octanol–water partition coefficient (Wildman–Crippen LogP) is 5.30. The highest BCUT2D eigenvalue weighted by molar-refractivity contribution is 7.82. The van der Waals surface area contributed by atoms with E-state index in [0.29, 0.717) is 45.4 Å². The fraction of sp³-hybridized carbons (Fsp3) is 0.222. The van der Waals surface area contributed by atoms with E-state index in [2.05, 4.69) is 11.6 Å². The van der Waals surface area contributed by atoms with Crippen molar-refractivity contribution in [2.24, 2.45) is 11.1 Å². The molecule has 4 N–H and O–H groups in total. The summed E-state index contributed by atoms with van der Waals surface area (Å²) in [5.74, 6) is -1.75. The van der Waals surface area contributed by atoms with Crippen molar-refractivity contribution in [3.05, 3.63) is 88.1 Å². The number of nitrogens with two attached hydrogens (primary N) is 1. The summed E-state index contributed by atoms with van der Waals surface area (Å²) in [6, 6.07) is 9.09. The van der Waals surface area contributed by atoms with E-state index in [1.54, 1.807) is 29.8 Å². The summed E-state index contributed by atoms with van der Waals surface area (Å²) >= 11 is 1.16. The summed E-state index contributed by atoms with van der Waals surface area (Å²) in [6.07, 6.45) is 3.07. The fourth-order valence-electron chi connectivity index (χ4n) is 4.37. The van der Waals surface area contributed by atoms with Gasteiger partial charge in [-0.2, -0.15) is 5.10 Å². The Hall–Kier alpha value is -3.58. The Balaban J connectivity index is 0.00000353. The molecule has 2 heterocycles. The molecule has 1 aliphatic carbocycles. The van der Waals surface area contributed by atoms with Crippen LogP contribution in [0.1, 0.15) is 52.6 Å². The zero-order valence-electron chi connectivity index (χ0n) is 20.9. The number of allylic oxidation sites excluding steroid dienone is 1. The number of aromatic nitrogens is 3. The smallest absolute Gasteiger partial charge is 0.355 e. The van der Waals surface area contributed by atoms with Crippen molar-refractivity contribution in [2.75, 3.05) is 0 Å². The number of hydrogen-bond donors (Lipinski definition) is 2. The van der Waals surface area contributed by atoms with E-state index >= 15 is 0 Å². The van der Waals surface area contributed by atoms with E-state index in [9.17, 15) is 22.9 Å². The maximum Gasteiger partial charge on any atom is 0.355 e. The molecule has 8 nitrogen and oxygen atoms in total. The molecule has 0 spiro atoms. The van der Waals surface area contributed by atoms with Crippen LogP contribution in [-0.2, 0) is 28.0 Å². The first-order chi connectivity index (χ1) is 18.1. The quantitative estimate of drug-likeness (QED) is 0.206. The molecule has 1 unspecified atom stereocenters. The number of carboxylic acids is 1. The second-order valence-corrected chi connectivity index (χ2v) is 11.4. The highest BCUT2D eigenvalue weighted by atomic mass is 32.2. The van der Waals surface area contributed by atoms with E-state index in [1.807, 2.05) is 0 Å². The molecule has 0 bridgehead atoms. The first-order valence-corrected chi connectivity index (χ1v) is 14.1. The number of nitrogens with zero attached hydrogens (tertiary/aromatic N) is 3. The third kappa shape index (κ3) is 5.88. The van der Waals surface area contributed by atoms with Crippen molar-refractivity contribution < 1.29 is 28.4 Å². The number of thiazole rings is 1. The Labute approximate surface area is 229 Å². The number of halogens is 2. The highest BCUT2D eigenvalue weighted by Gasteiger charge is 2.30. The zero-order chi connectivity index (χ0) is 27.1. The second kappa shape index (κ2) is 11.3. The lowest BCUT2D eigenvalue weighted by Crippen LogP contribution is -2.07. The molecule has 0 amide bonds. The minimum atomic E-state index is -2.32. The number of benzene rings is 2. The standard InChI is InChI=1S/C27H24F2N4O3S2.H2O/c1-14(2)18-12-17(6-7-20(18)28)25-19(9-16-5-8-24(38(30)36)21(29)10-16)23(11-15-3-4-15)33(32-25)27-31-22(13-37-27)26(34)35;/h5-8,10,12-13,15H,1,3-4,9,11H2,2H3,(H2,30,36)(H,34,35);1H2. The largest absolute Gasteiger partial charge is 0.870 e. The van der Waals surface area contributed by atoms with Crippen LogP contribution >= 0.6 is 11.3 Å². The van der Waals surface area contributed by atoms with Crippen LogP contribution in [0.2, 0.25) is 0 Å². The van der Waals surface area contributed by atoms with Crippen molar-refractivity contribution >= 4 is 33.9 Å². The van der Waals surface area contributed by atoms with Crippen LogP contribution in [0.15, 0.2) is 53.3 Å². The van der Waals surface area contributed by atoms with E-state index in [1.165, 1.54) is 23.6 Å². The van der Waals surface area contributed by atoms with Crippen molar-refractivity contribution in [2.45, 2.75) is 37.5 Å². The van der Waals surface area contributed by atoms with Gasteiger partial charge in [0.25, 0.3) is 0 Å². The molecule has 1 saturated carbocycles. The lowest BCUT2D eigenvalue weighted by atomic mass is 9.95. The van der Waals surface area contributed by atoms with Gasteiger partial charge in [-0.05, 0) is 73.6 Å². The molecule has 204 valence electrons. The van der Waals surface area contributed by atoms with Crippen LogP contribution < -0.4 is 5.14 Å². The molecule has 4 aromatic rings. The Kier molecular flexibility index (Phi) is 8.21. The molecule has 2 aromatic heterocycles. The average Bonchev–Trinajstić information content (AvgIpc) is 3.42. The third-order valence-corrected chi connectivity index (χ3v) is 8.14. The summed E-state index contributed by atoms with van der Waals surface area (Å²) in [4.78, 5) is 15.7. The van der Waals surface area contributed by atoms with Gasteiger partial charge < -0.3 is 10.6 Å². The molecule has 2 aromatic carbocycles.